The molecule has 21 heavy (non-hydrogen) atoms. The minimum atomic E-state index is -1.11. The smallest absolute Gasteiger partial charge is 0.337 e. The number of amides is 2. The van der Waals surface area contributed by atoms with Gasteiger partial charge in [-0.05, 0) is 30.3 Å². The molecule has 2 rings (SSSR count). The van der Waals surface area contributed by atoms with Crippen LogP contribution in [0.15, 0.2) is 45.5 Å². The first-order valence-electron chi connectivity index (χ1n) is 6.04. The largest absolute Gasteiger partial charge is 0.478 e. The van der Waals surface area contributed by atoms with E-state index in [2.05, 4.69) is 21.2 Å². The minimum Gasteiger partial charge on any atom is -0.478 e. The van der Waals surface area contributed by atoms with E-state index >= 15 is 0 Å². The van der Waals surface area contributed by atoms with Crippen molar-refractivity contribution in [3.63, 3.8) is 0 Å². The molecule has 0 aliphatic heterocycles. The zero-order valence-corrected chi connectivity index (χ0v) is 12.8. The third kappa shape index (κ3) is 3.85. The highest BCUT2D eigenvalue weighted by molar-refractivity contribution is 9.10. The Balaban J connectivity index is 2.10. The van der Waals surface area contributed by atoms with Gasteiger partial charge in [-0.25, -0.2) is 9.59 Å². The van der Waals surface area contributed by atoms with E-state index < -0.39 is 12.0 Å². The Morgan fingerprint density at radius 1 is 1.38 bits per heavy atom. The summed E-state index contributed by atoms with van der Waals surface area (Å²) in [7, 11) is 1.59. The molecular weight excluding hydrogens is 340 g/mol. The van der Waals surface area contributed by atoms with Crippen molar-refractivity contribution in [3.8, 4) is 0 Å². The fraction of sp³-hybridized carbons (Fsp3) is 0.143. The van der Waals surface area contributed by atoms with Crippen LogP contribution < -0.4 is 5.32 Å². The fourth-order valence-corrected chi connectivity index (χ4v) is 2.08. The van der Waals surface area contributed by atoms with E-state index in [9.17, 15) is 9.59 Å². The van der Waals surface area contributed by atoms with Crippen LogP contribution in [0.25, 0.3) is 0 Å². The number of anilines is 1. The molecule has 1 aromatic heterocycles. The van der Waals surface area contributed by atoms with Gasteiger partial charge < -0.3 is 19.7 Å². The number of benzene rings is 1. The fourth-order valence-electron chi connectivity index (χ4n) is 1.72. The molecule has 2 amide bonds. The topological polar surface area (TPSA) is 82.8 Å². The molecule has 2 aromatic rings. The average molecular weight is 353 g/mol. The second kappa shape index (κ2) is 6.45. The van der Waals surface area contributed by atoms with Crippen molar-refractivity contribution in [2.45, 2.75) is 6.54 Å². The molecule has 0 saturated carbocycles. The van der Waals surface area contributed by atoms with Gasteiger partial charge in [-0.3, -0.25) is 0 Å². The van der Waals surface area contributed by atoms with E-state index in [0.717, 1.165) is 0 Å². The van der Waals surface area contributed by atoms with Crippen LogP contribution in [0.4, 0.5) is 10.5 Å². The molecule has 0 spiro atoms. The van der Waals surface area contributed by atoms with Gasteiger partial charge in [0.15, 0.2) is 0 Å². The summed E-state index contributed by atoms with van der Waals surface area (Å²) in [6, 6.07) is 7.70. The Labute approximate surface area is 129 Å². The maximum Gasteiger partial charge on any atom is 0.337 e. The molecule has 2 N–H and O–H groups in total. The number of carbonyl (C=O) groups is 2. The molecule has 0 unspecified atom stereocenters. The molecule has 0 aliphatic rings. The van der Waals surface area contributed by atoms with Gasteiger partial charge in [-0.2, -0.15) is 0 Å². The van der Waals surface area contributed by atoms with Crippen LogP contribution in [0, 0.1) is 0 Å². The number of hydrogen-bond donors (Lipinski definition) is 2. The second-order valence-corrected chi connectivity index (χ2v) is 5.28. The number of nitrogens with one attached hydrogen (secondary N) is 1. The van der Waals surface area contributed by atoms with Gasteiger partial charge in [0.25, 0.3) is 0 Å². The minimum absolute atomic E-state index is 0.0177. The van der Waals surface area contributed by atoms with Crippen LogP contribution in [-0.4, -0.2) is 29.1 Å². The summed E-state index contributed by atoms with van der Waals surface area (Å²) in [5.74, 6) is -0.470. The summed E-state index contributed by atoms with van der Waals surface area (Å²) in [5, 5.41) is 11.7. The Bertz CT molecular complexity index is 655. The Hall–Kier alpha value is -2.28. The van der Waals surface area contributed by atoms with Crippen LogP contribution in [0.2, 0.25) is 0 Å². The molecule has 0 bridgehead atoms. The van der Waals surface area contributed by atoms with Crippen LogP contribution in [-0.2, 0) is 6.54 Å². The van der Waals surface area contributed by atoms with Crippen molar-refractivity contribution in [2.75, 3.05) is 12.4 Å². The highest BCUT2D eigenvalue weighted by Gasteiger charge is 2.16. The number of carboxylic acids is 1. The van der Waals surface area contributed by atoms with Crippen molar-refractivity contribution in [1.29, 1.82) is 0 Å². The SMILES string of the molecule is CN(Cc1ccco1)C(=O)Nc1ccc(Br)cc1C(=O)O. The van der Waals surface area contributed by atoms with Crippen molar-refractivity contribution in [2.24, 2.45) is 0 Å². The van der Waals surface area contributed by atoms with Crippen molar-refractivity contribution in [3.05, 3.63) is 52.4 Å². The standard InChI is InChI=1S/C14H13BrN2O4/c1-17(8-10-3-2-6-21-10)14(20)16-12-5-4-9(15)7-11(12)13(18)19/h2-7H,8H2,1H3,(H,16,20)(H,18,19). The Morgan fingerprint density at radius 3 is 2.76 bits per heavy atom. The zero-order valence-electron chi connectivity index (χ0n) is 11.2. The van der Waals surface area contributed by atoms with Crippen LogP contribution >= 0.6 is 15.9 Å². The summed E-state index contributed by atoms with van der Waals surface area (Å²) in [6.45, 7) is 0.289. The number of hydrogen-bond acceptors (Lipinski definition) is 3. The first-order valence-corrected chi connectivity index (χ1v) is 6.84. The lowest BCUT2D eigenvalue weighted by Gasteiger charge is -2.17. The van der Waals surface area contributed by atoms with Gasteiger partial charge in [0.1, 0.15) is 5.76 Å². The van der Waals surface area contributed by atoms with Crippen molar-refractivity contribution < 1.29 is 19.1 Å². The molecule has 110 valence electrons. The first-order chi connectivity index (χ1) is 9.97. The monoisotopic (exact) mass is 352 g/mol. The lowest BCUT2D eigenvalue weighted by Crippen LogP contribution is -2.31. The first kappa shape index (κ1) is 15.1. The van der Waals surface area contributed by atoms with Gasteiger partial charge in [0, 0.05) is 11.5 Å². The summed E-state index contributed by atoms with van der Waals surface area (Å²) >= 11 is 3.20. The molecule has 6 nitrogen and oxygen atoms in total. The van der Waals surface area contributed by atoms with Crippen molar-refractivity contribution in [1.82, 2.24) is 4.90 Å². The predicted molar refractivity (Wildman–Crippen MR) is 80.3 cm³/mol. The quantitative estimate of drug-likeness (QED) is 0.883. The zero-order chi connectivity index (χ0) is 15.4. The maximum atomic E-state index is 12.1. The molecule has 0 saturated heterocycles. The van der Waals surface area contributed by atoms with E-state index in [1.165, 1.54) is 23.3 Å². The number of carbonyl (C=O) groups excluding carboxylic acids is 1. The molecule has 0 radical (unpaired) electrons. The normalized spacial score (nSPS) is 10.2. The number of furan rings is 1. The summed E-state index contributed by atoms with van der Waals surface area (Å²) < 4.78 is 5.79. The third-order valence-electron chi connectivity index (χ3n) is 2.77. The molecule has 0 fully saturated rings. The Kier molecular flexibility index (Phi) is 4.64. The molecule has 0 atom stereocenters. The predicted octanol–water partition coefficient (Wildman–Crippen LogP) is 3.40. The van der Waals surface area contributed by atoms with Gasteiger partial charge in [-0.1, -0.05) is 15.9 Å². The Morgan fingerprint density at radius 2 is 2.14 bits per heavy atom. The maximum absolute atomic E-state index is 12.1. The second-order valence-electron chi connectivity index (χ2n) is 4.36. The molecule has 1 heterocycles. The average Bonchev–Trinajstić information content (AvgIpc) is 2.93. The number of carboxylic acid groups (broad SMARTS) is 1. The van der Waals surface area contributed by atoms with E-state index in [-0.39, 0.29) is 17.8 Å². The molecule has 1 aromatic carbocycles. The van der Waals surface area contributed by atoms with Crippen molar-refractivity contribution >= 4 is 33.6 Å². The third-order valence-corrected chi connectivity index (χ3v) is 3.27. The summed E-state index contributed by atoms with van der Waals surface area (Å²) in [6.07, 6.45) is 1.53. The molecular formula is C14H13BrN2O4. The van der Waals surface area contributed by atoms with E-state index in [0.29, 0.717) is 10.2 Å². The number of rotatable bonds is 4. The lowest BCUT2D eigenvalue weighted by molar-refractivity contribution is 0.0698. The highest BCUT2D eigenvalue weighted by Crippen LogP contribution is 2.21. The van der Waals surface area contributed by atoms with E-state index in [1.54, 1.807) is 25.2 Å². The number of urea groups is 1. The molecule has 0 aliphatic carbocycles. The van der Waals surface area contributed by atoms with Crippen LogP contribution in [0.1, 0.15) is 16.1 Å². The highest BCUT2D eigenvalue weighted by atomic mass is 79.9. The number of halogens is 1. The number of nitrogens with zero attached hydrogens (tertiary/aromatic N) is 1. The summed E-state index contributed by atoms with van der Waals surface area (Å²) in [5.41, 5.74) is 0.256. The molecule has 7 heteroatoms. The van der Waals surface area contributed by atoms with Crippen LogP contribution in [0.5, 0.6) is 0 Å². The van der Waals surface area contributed by atoms with E-state index in [4.69, 9.17) is 9.52 Å². The summed E-state index contributed by atoms with van der Waals surface area (Å²) in [4.78, 5) is 24.6. The van der Waals surface area contributed by atoms with Crippen LogP contribution in [0.3, 0.4) is 0 Å². The van der Waals surface area contributed by atoms with Gasteiger partial charge in [0.2, 0.25) is 0 Å². The van der Waals surface area contributed by atoms with Gasteiger partial charge >= 0.3 is 12.0 Å². The lowest BCUT2D eigenvalue weighted by atomic mass is 10.2. The number of aromatic carboxylic acids is 1. The van der Waals surface area contributed by atoms with Gasteiger partial charge in [-0.15, -0.1) is 0 Å². The van der Waals surface area contributed by atoms with E-state index in [1.807, 2.05) is 0 Å². The van der Waals surface area contributed by atoms with Gasteiger partial charge in [0.05, 0.1) is 24.1 Å².